The zero-order valence-electron chi connectivity index (χ0n) is 8.94. The molecule has 9 heteroatoms. The Kier molecular flexibility index (Phi) is 3.45. The Labute approximate surface area is 107 Å². The van der Waals surface area contributed by atoms with E-state index in [-0.39, 0.29) is 11.5 Å². The van der Waals surface area contributed by atoms with Crippen LogP contribution in [0.1, 0.15) is 5.01 Å². The zero-order valence-corrected chi connectivity index (χ0v) is 10.6. The maximum atomic E-state index is 10.7. The van der Waals surface area contributed by atoms with E-state index in [1.165, 1.54) is 35.6 Å². The van der Waals surface area contributed by atoms with E-state index in [1.807, 2.05) is 0 Å². The molecule has 0 saturated heterocycles. The number of nitrogen functional groups attached to an aromatic ring is 1. The minimum Gasteiger partial charge on any atom is -0.744 e. The monoisotopic (exact) mass is 286 g/mol. The Balaban J connectivity index is 2.03. The number of hydrogen-bond donors (Lipinski definition) is 1. The van der Waals surface area contributed by atoms with Gasteiger partial charge < -0.3 is 15.0 Å². The summed E-state index contributed by atoms with van der Waals surface area (Å²) in [6, 6.07) is 5.17. The van der Waals surface area contributed by atoms with Crippen LogP contribution in [0, 0.1) is 0 Å². The van der Waals surface area contributed by atoms with Crippen LogP contribution in [0.4, 0.5) is 5.13 Å². The van der Waals surface area contributed by atoms with Crippen molar-refractivity contribution >= 4 is 26.6 Å². The number of nitrogens with zero attached hydrogens (tertiary/aromatic N) is 2. The second-order valence-corrected chi connectivity index (χ2v) is 5.72. The Morgan fingerprint density at radius 1 is 1.28 bits per heavy atom. The smallest absolute Gasteiger partial charge is 0.203 e. The molecule has 0 radical (unpaired) electrons. The van der Waals surface area contributed by atoms with Crippen LogP contribution in [0.2, 0.25) is 0 Å². The van der Waals surface area contributed by atoms with Crippen LogP contribution >= 0.6 is 11.3 Å². The molecule has 0 aliphatic carbocycles. The lowest BCUT2D eigenvalue weighted by atomic mass is 10.3. The molecule has 0 saturated carbocycles. The van der Waals surface area contributed by atoms with E-state index < -0.39 is 10.1 Å². The van der Waals surface area contributed by atoms with Crippen molar-refractivity contribution in [1.29, 1.82) is 0 Å². The third-order valence-electron chi connectivity index (χ3n) is 1.96. The van der Waals surface area contributed by atoms with Gasteiger partial charge in [0.05, 0.1) is 4.90 Å². The van der Waals surface area contributed by atoms with Crippen LogP contribution in [0.15, 0.2) is 29.2 Å². The molecule has 0 amide bonds. The molecule has 0 fully saturated rings. The van der Waals surface area contributed by atoms with Gasteiger partial charge in [0.15, 0.2) is 5.01 Å². The Hall–Kier alpha value is -1.71. The van der Waals surface area contributed by atoms with Crippen molar-refractivity contribution in [3.8, 4) is 5.75 Å². The van der Waals surface area contributed by atoms with Crippen molar-refractivity contribution in [3.05, 3.63) is 29.3 Å². The van der Waals surface area contributed by atoms with Gasteiger partial charge in [-0.3, -0.25) is 0 Å². The van der Waals surface area contributed by atoms with Crippen LogP contribution in [0.25, 0.3) is 0 Å². The lowest BCUT2D eigenvalue weighted by Crippen LogP contribution is -1.99. The second kappa shape index (κ2) is 4.88. The maximum Gasteiger partial charge on any atom is 0.203 e. The van der Waals surface area contributed by atoms with Gasteiger partial charge in [0.1, 0.15) is 22.5 Å². The van der Waals surface area contributed by atoms with E-state index in [1.54, 1.807) is 0 Å². The lowest BCUT2D eigenvalue weighted by molar-refractivity contribution is 0.304. The Morgan fingerprint density at radius 3 is 2.44 bits per heavy atom. The summed E-state index contributed by atoms with van der Waals surface area (Å²) in [5.41, 5.74) is 5.40. The fourth-order valence-electron chi connectivity index (χ4n) is 1.17. The van der Waals surface area contributed by atoms with Gasteiger partial charge in [-0.25, -0.2) is 8.42 Å². The first kappa shape index (κ1) is 12.7. The van der Waals surface area contributed by atoms with Crippen molar-refractivity contribution in [1.82, 2.24) is 10.2 Å². The summed E-state index contributed by atoms with van der Waals surface area (Å²) in [4.78, 5) is -0.296. The molecule has 0 atom stereocenters. The van der Waals surface area contributed by atoms with Crippen LogP contribution in [0.3, 0.4) is 0 Å². The highest BCUT2D eigenvalue weighted by molar-refractivity contribution is 7.85. The average Bonchev–Trinajstić information content (AvgIpc) is 2.72. The van der Waals surface area contributed by atoms with E-state index in [0.29, 0.717) is 15.9 Å². The number of anilines is 1. The van der Waals surface area contributed by atoms with Gasteiger partial charge in [0.2, 0.25) is 5.13 Å². The van der Waals surface area contributed by atoms with Crippen molar-refractivity contribution < 1.29 is 17.7 Å². The van der Waals surface area contributed by atoms with E-state index >= 15 is 0 Å². The highest BCUT2D eigenvalue weighted by atomic mass is 32.2. The predicted molar refractivity (Wildman–Crippen MR) is 63.1 cm³/mol. The quantitative estimate of drug-likeness (QED) is 0.817. The maximum absolute atomic E-state index is 10.7. The standard InChI is InChI=1S/C9H9N3O4S2/c10-9-12-11-8(17-9)5-16-6-1-3-7(4-2-6)18(13,14)15/h1-4H,5H2,(H2,10,12)(H,13,14,15)/p-1. The number of benzene rings is 1. The molecule has 7 nitrogen and oxygen atoms in total. The summed E-state index contributed by atoms with van der Waals surface area (Å²) in [5, 5.41) is 8.33. The van der Waals surface area contributed by atoms with Crippen molar-refractivity contribution in [3.63, 3.8) is 0 Å². The number of nitrogens with two attached hydrogens (primary N) is 1. The van der Waals surface area contributed by atoms with Gasteiger partial charge in [0.25, 0.3) is 0 Å². The molecular weight excluding hydrogens is 278 g/mol. The van der Waals surface area contributed by atoms with E-state index in [9.17, 15) is 13.0 Å². The minimum atomic E-state index is -4.43. The molecule has 2 N–H and O–H groups in total. The number of rotatable bonds is 4. The lowest BCUT2D eigenvalue weighted by Gasteiger charge is -2.08. The topological polar surface area (TPSA) is 118 Å². The van der Waals surface area contributed by atoms with Crippen molar-refractivity contribution in [2.75, 3.05) is 5.73 Å². The van der Waals surface area contributed by atoms with E-state index in [0.717, 1.165) is 0 Å². The van der Waals surface area contributed by atoms with Gasteiger partial charge in [-0.2, -0.15) is 0 Å². The fraction of sp³-hybridized carbons (Fsp3) is 0.111. The summed E-state index contributed by atoms with van der Waals surface area (Å²) in [7, 11) is -4.43. The summed E-state index contributed by atoms with van der Waals surface area (Å²) >= 11 is 1.20. The zero-order chi connectivity index (χ0) is 13.2. The molecule has 2 rings (SSSR count). The van der Waals surface area contributed by atoms with Crippen LogP contribution in [-0.4, -0.2) is 23.2 Å². The van der Waals surface area contributed by atoms with Gasteiger partial charge in [-0.1, -0.05) is 11.3 Å². The first-order valence-corrected chi connectivity index (χ1v) is 6.94. The second-order valence-electron chi connectivity index (χ2n) is 3.25. The summed E-state index contributed by atoms with van der Waals surface area (Å²) in [6.07, 6.45) is 0. The molecule has 18 heavy (non-hydrogen) atoms. The molecule has 96 valence electrons. The van der Waals surface area contributed by atoms with Gasteiger partial charge in [-0.15, -0.1) is 10.2 Å². The molecule has 2 aromatic rings. The van der Waals surface area contributed by atoms with Crippen LogP contribution < -0.4 is 10.5 Å². The van der Waals surface area contributed by atoms with Crippen LogP contribution in [0.5, 0.6) is 5.75 Å². The Bertz CT molecular complexity index is 636. The fourth-order valence-corrected chi connectivity index (χ4v) is 2.16. The molecule has 1 aromatic heterocycles. The molecule has 0 spiro atoms. The highest BCUT2D eigenvalue weighted by Gasteiger charge is 2.04. The van der Waals surface area contributed by atoms with E-state index in [2.05, 4.69) is 10.2 Å². The molecule has 0 bridgehead atoms. The first-order valence-electron chi connectivity index (χ1n) is 4.72. The summed E-state index contributed by atoms with van der Waals surface area (Å²) in [5.74, 6) is 0.427. The van der Waals surface area contributed by atoms with Gasteiger partial charge in [-0.05, 0) is 24.3 Å². The molecule has 1 heterocycles. The minimum absolute atomic E-state index is 0.179. The normalized spacial score (nSPS) is 11.4. The van der Waals surface area contributed by atoms with Crippen molar-refractivity contribution in [2.45, 2.75) is 11.5 Å². The third kappa shape index (κ3) is 3.15. The molecule has 0 aliphatic rings. The summed E-state index contributed by atoms with van der Waals surface area (Å²) < 4.78 is 37.4. The first-order chi connectivity index (χ1) is 8.45. The molecular formula is C9H8N3O4S2-. The number of ether oxygens (including phenoxy) is 1. The van der Waals surface area contributed by atoms with E-state index in [4.69, 9.17) is 10.5 Å². The third-order valence-corrected chi connectivity index (χ3v) is 3.53. The molecule has 1 aromatic carbocycles. The average molecular weight is 286 g/mol. The molecule has 0 aliphatic heterocycles. The Morgan fingerprint density at radius 2 is 1.94 bits per heavy atom. The largest absolute Gasteiger partial charge is 0.744 e. The number of hydrogen-bond acceptors (Lipinski definition) is 8. The SMILES string of the molecule is Nc1nnc(COc2ccc(S(=O)(=O)[O-])cc2)s1. The summed E-state index contributed by atoms with van der Waals surface area (Å²) in [6.45, 7) is 0.179. The van der Waals surface area contributed by atoms with Crippen LogP contribution in [-0.2, 0) is 16.7 Å². The van der Waals surface area contributed by atoms with Gasteiger partial charge >= 0.3 is 0 Å². The highest BCUT2D eigenvalue weighted by Crippen LogP contribution is 2.18. The van der Waals surface area contributed by atoms with Crippen molar-refractivity contribution in [2.24, 2.45) is 0 Å². The van der Waals surface area contributed by atoms with Gasteiger partial charge in [0, 0.05) is 0 Å². The number of aromatic nitrogens is 2. The predicted octanol–water partition coefficient (Wildman–Crippen LogP) is 0.603. The molecule has 0 unspecified atom stereocenters.